The highest BCUT2D eigenvalue weighted by Gasteiger charge is 2.33. The SMILES string of the molecule is O=C1NCc2c(C3CCCOC3)cc(F)cc2N1c1nc2c3c(ccc2s1)OCO3. The molecule has 1 N–H and O–H groups in total. The third-order valence-corrected chi connectivity index (χ3v) is 6.77. The predicted octanol–water partition coefficient (Wildman–Crippen LogP) is 4.42. The van der Waals surface area contributed by atoms with E-state index in [0.29, 0.717) is 41.0 Å². The fraction of sp³-hybridized carbons (Fsp3) is 0.333. The Morgan fingerprint density at radius 3 is 3.07 bits per heavy atom. The summed E-state index contributed by atoms with van der Waals surface area (Å²) in [5, 5.41) is 3.38. The second kappa shape index (κ2) is 6.82. The first-order chi connectivity index (χ1) is 14.7. The van der Waals surface area contributed by atoms with Gasteiger partial charge >= 0.3 is 6.03 Å². The van der Waals surface area contributed by atoms with Gasteiger partial charge in [0.2, 0.25) is 6.79 Å². The van der Waals surface area contributed by atoms with E-state index in [9.17, 15) is 9.18 Å². The number of benzene rings is 2. The first kappa shape index (κ1) is 17.9. The van der Waals surface area contributed by atoms with E-state index in [4.69, 9.17) is 14.2 Å². The van der Waals surface area contributed by atoms with Crippen LogP contribution in [0.4, 0.5) is 20.0 Å². The molecule has 154 valence electrons. The summed E-state index contributed by atoms with van der Waals surface area (Å²) in [7, 11) is 0. The van der Waals surface area contributed by atoms with Crippen LogP contribution in [0.2, 0.25) is 0 Å². The maximum absolute atomic E-state index is 14.7. The van der Waals surface area contributed by atoms with Crippen LogP contribution in [0.25, 0.3) is 10.2 Å². The summed E-state index contributed by atoms with van der Waals surface area (Å²) >= 11 is 1.36. The molecule has 3 aromatic rings. The lowest BCUT2D eigenvalue weighted by Crippen LogP contribution is -2.42. The molecule has 1 saturated heterocycles. The summed E-state index contributed by atoms with van der Waals surface area (Å²) in [6, 6.07) is 6.38. The highest BCUT2D eigenvalue weighted by atomic mass is 32.1. The van der Waals surface area contributed by atoms with E-state index in [0.717, 1.165) is 35.3 Å². The molecule has 0 radical (unpaired) electrons. The van der Waals surface area contributed by atoms with Crippen molar-refractivity contribution >= 4 is 38.4 Å². The number of nitrogens with one attached hydrogen (secondary N) is 1. The predicted molar refractivity (Wildman–Crippen MR) is 109 cm³/mol. The molecule has 1 unspecified atom stereocenters. The van der Waals surface area contributed by atoms with Crippen molar-refractivity contribution in [2.75, 3.05) is 24.9 Å². The van der Waals surface area contributed by atoms with Gasteiger partial charge < -0.3 is 19.5 Å². The molecule has 30 heavy (non-hydrogen) atoms. The van der Waals surface area contributed by atoms with E-state index in [-0.39, 0.29) is 24.6 Å². The Labute approximate surface area is 175 Å². The third-order valence-electron chi connectivity index (χ3n) is 5.76. The topological polar surface area (TPSA) is 72.9 Å². The Balaban J connectivity index is 1.49. The normalized spacial score (nSPS) is 20.4. The summed E-state index contributed by atoms with van der Waals surface area (Å²) in [5.41, 5.74) is 2.98. The molecule has 9 heteroatoms. The smallest absolute Gasteiger partial charge is 0.328 e. The molecular formula is C21H18FN3O4S. The van der Waals surface area contributed by atoms with E-state index < -0.39 is 0 Å². The van der Waals surface area contributed by atoms with Crippen LogP contribution in [-0.4, -0.2) is 31.0 Å². The van der Waals surface area contributed by atoms with E-state index >= 15 is 0 Å². The number of fused-ring (bicyclic) bond motifs is 4. The summed E-state index contributed by atoms with van der Waals surface area (Å²) in [4.78, 5) is 19.0. The average molecular weight is 427 g/mol. The molecule has 2 aromatic carbocycles. The number of rotatable bonds is 2. The zero-order valence-electron chi connectivity index (χ0n) is 15.9. The number of nitrogens with zero attached hydrogens (tertiary/aromatic N) is 2. The Hall–Kier alpha value is -2.91. The van der Waals surface area contributed by atoms with Crippen LogP contribution in [-0.2, 0) is 11.3 Å². The molecule has 1 atom stereocenters. The van der Waals surface area contributed by atoms with Crippen molar-refractivity contribution in [2.45, 2.75) is 25.3 Å². The van der Waals surface area contributed by atoms with Crippen LogP contribution in [0.1, 0.15) is 29.9 Å². The Morgan fingerprint density at radius 1 is 1.27 bits per heavy atom. The first-order valence-corrected chi connectivity index (χ1v) is 10.7. The van der Waals surface area contributed by atoms with Crippen LogP contribution in [0.15, 0.2) is 24.3 Å². The van der Waals surface area contributed by atoms with Gasteiger partial charge in [-0.2, -0.15) is 0 Å². The van der Waals surface area contributed by atoms with Crippen LogP contribution >= 0.6 is 11.3 Å². The minimum Gasteiger partial charge on any atom is -0.454 e. The monoisotopic (exact) mass is 427 g/mol. The van der Waals surface area contributed by atoms with Crippen molar-refractivity contribution in [2.24, 2.45) is 0 Å². The molecule has 6 rings (SSSR count). The zero-order chi connectivity index (χ0) is 20.2. The molecule has 3 aliphatic rings. The molecular weight excluding hydrogens is 409 g/mol. The lowest BCUT2D eigenvalue weighted by molar-refractivity contribution is 0.0801. The molecule has 0 aliphatic carbocycles. The van der Waals surface area contributed by atoms with E-state index in [1.54, 1.807) is 6.07 Å². The zero-order valence-corrected chi connectivity index (χ0v) is 16.8. The number of urea groups is 1. The van der Waals surface area contributed by atoms with Gasteiger partial charge in [0.05, 0.1) is 17.0 Å². The van der Waals surface area contributed by atoms with Crippen molar-refractivity contribution in [3.05, 3.63) is 41.2 Å². The quantitative estimate of drug-likeness (QED) is 0.656. The van der Waals surface area contributed by atoms with Crippen molar-refractivity contribution < 1.29 is 23.4 Å². The van der Waals surface area contributed by atoms with Gasteiger partial charge in [-0.15, -0.1) is 0 Å². The molecule has 2 amide bonds. The molecule has 0 bridgehead atoms. The van der Waals surface area contributed by atoms with Gasteiger partial charge in [0, 0.05) is 19.1 Å². The van der Waals surface area contributed by atoms with Crippen LogP contribution in [0, 0.1) is 5.82 Å². The van der Waals surface area contributed by atoms with Crippen molar-refractivity contribution in [1.82, 2.24) is 10.3 Å². The van der Waals surface area contributed by atoms with Gasteiger partial charge in [0.1, 0.15) is 11.3 Å². The molecule has 1 fully saturated rings. The maximum atomic E-state index is 14.7. The minimum atomic E-state index is -0.368. The summed E-state index contributed by atoms with van der Waals surface area (Å²) < 4.78 is 32.1. The Morgan fingerprint density at radius 2 is 2.20 bits per heavy atom. The number of aromatic nitrogens is 1. The molecule has 3 aliphatic heterocycles. The van der Waals surface area contributed by atoms with Gasteiger partial charge in [-0.3, -0.25) is 0 Å². The average Bonchev–Trinajstić information content (AvgIpc) is 3.40. The Kier molecular flexibility index (Phi) is 4.07. The maximum Gasteiger partial charge on any atom is 0.328 e. The molecule has 0 spiro atoms. The van der Waals surface area contributed by atoms with E-state index in [2.05, 4.69) is 10.3 Å². The highest BCUT2D eigenvalue weighted by Crippen LogP contribution is 2.45. The lowest BCUT2D eigenvalue weighted by Gasteiger charge is -2.32. The number of anilines is 2. The van der Waals surface area contributed by atoms with Crippen LogP contribution in [0.3, 0.4) is 0 Å². The Bertz CT molecular complexity index is 1170. The number of thiazole rings is 1. The molecule has 7 nitrogen and oxygen atoms in total. The molecule has 0 saturated carbocycles. The third kappa shape index (κ3) is 2.73. The highest BCUT2D eigenvalue weighted by molar-refractivity contribution is 7.22. The number of amides is 2. The molecule has 4 heterocycles. The number of ether oxygens (including phenoxy) is 3. The fourth-order valence-corrected chi connectivity index (χ4v) is 5.35. The number of carbonyl (C=O) groups is 1. The number of hydrogen-bond acceptors (Lipinski definition) is 6. The number of halogens is 1. The van der Waals surface area contributed by atoms with Crippen LogP contribution in [0.5, 0.6) is 11.5 Å². The number of hydrogen-bond donors (Lipinski definition) is 1. The standard InChI is InChI=1S/C21H18FN3O4S/c22-12-6-13(11-2-1-5-27-9-11)14-8-23-20(26)25(15(14)7-12)21-24-18-17(30-21)4-3-16-19(18)29-10-28-16/h3-4,6-7,11H,1-2,5,8-10H2,(H,23,26). The van der Waals surface area contributed by atoms with Crippen molar-refractivity contribution in [3.63, 3.8) is 0 Å². The second-order valence-electron chi connectivity index (χ2n) is 7.54. The second-order valence-corrected chi connectivity index (χ2v) is 8.55. The van der Waals surface area contributed by atoms with Crippen molar-refractivity contribution in [1.29, 1.82) is 0 Å². The van der Waals surface area contributed by atoms with Gasteiger partial charge in [-0.05, 0) is 48.2 Å². The fourth-order valence-electron chi connectivity index (χ4n) is 4.37. The summed E-state index contributed by atoms with van der Waals surface area (Å²) in [5.74, 6) is 0.956. The van der Waals surface area contributed by atoms with E-state index in [1.807, 2.05) is 12.1 Å². The van der Waals surface area contributed by atoms with Gasteiger partial charge in [0.15, 0.2) is 16.6 Å². The first-order valence-electron chi connectivity index (χ1n) is 9.86. The molecule has 1 aromatic heterocycles. The summed E-state index contributed by atoms with van der Waals surface area (Å²) in [6.07, 6.45) is 1.88. The summed E-state index contributed by atoms with van der Waals surface area (Å²) in [6.45, 7) is 1.80. The minimum absolute atomic E-state index is 0.115. The van der Waals surface area contributed by atoms with Crippen LogP contribution < -0.4 is 19.7 Å². The van der Waals surface area contributed by atoms with Gasteiger partial charge in [-0.1, -0.05) is 11.3 Å². The number of carbonyl (C=O) groups excluding carboxylic acids is 1. The van der Waals surface area contributed by atoms with Crippen molar-refractivity contribution in [3.8, 4) is 11.5 Å². The van der Waals surface area contributed by atoms with Gasteiger partial charge in [-0.25, -0.2) is 19.1 Å². The van der Waals surface area contributed by atoms with E-state index in [1.165, 1.54) is 22.3 Å². The lowest BCUT2D eigenvalue weighted by atomic mass is 9.88. The largest absolute Gasteiger partial charge is 0.454 e. The van der Waals surface area contributed by atoms with Gasteiger partial charge in [0.25, 0.3) is 0 Å².